The molecule has 0 radical (unpaired) electrons. The minimum absolute atomic E-state index is 0.00241. The molecule has 0 aliphatic carbocycles. The molecule has 1 unspecified atom stereocenters. The van der Waals surface area contributed by atoms with Gasteiger partial charge in [0.05, 0.1) is 5.25 Å². The maximum absolute atomic E-state index is 5.96. The van der Waals surface area contributed by atoms with Gasteiger partial charge in [0, 0.05) is 10.0 Å². The summed E-state index contributed by atoms with van der Waals surface area (Å²) in [6.45, 7) is 0. The van der Waals surface area contributed by atoms with Gasteiger partial charge in [-0.2, -0.15) is 12.6 Å². The first-order valence-corrected chi connectivity index (χ1v) is 6.13. The lowest BCUT2D eigenvalue weighted by molar-refractivity contribution is 1.17. The average Bonchev–Trinajstić information content (AvgIpc) is 2.28. The third kappa shape index (κ3) is 2.73. The van der Waals surface area contributed by atoms with Crippen LogP contribution in [0.2, 0.25) is 10.0 Å². The molecule has 16 heavy (non-hydrogen) atoms. The van der Waals surface area contributed by atoms with Crippen molar-refractivity contribution in [3.05, 3.63) is 69.7 Å². The van der Waals surface area contributed by atoms with Crippen LogP contribution in [-0.2, 0) is 0 Å². The molecule has 1 atom stereocenters. The highest BCUT2D eigenvalue weighted by Crippen LogP contribution is 2.31. The fourth-order valence-corrected chi connectivity index (χ4v) is 2.42. The zero-order valence-electron chi connectivity index (χ0n) is 8.40. The molecule has 0 aliphatic rings. The summed E-state index contributed by atoms with van der Waals surface area (Å²) >= 11 is 16.5. The Balaban J connectivity index is 2.37. The van der Waals surface area contributed by atoms with E-state index < -0.39 is 0 Å². The molecule has 0 bridgehead atoms. The van der Waals surface area contributed by atoms with Crippen molar-refractivity contribution in [2.24, 2.45) is 0 Å². The number of thiol groups is 1. The Labute approximate surface area is 111 Å². The van der Waals surface area contributed by atoms with Crippen LogP contribution in [-0.4, -0.2) is 0 Å². The maximum atomic E-state index is 5.96. The van der Waals surface area contributed by atoms with Crippen molar-refractivity contribution >= 4 is 35.8 Å². The summed E-state index contributed by atoms with van der Waals surface area (Å²) in [5.41, 5.74) is 2.14. The van der Waals surface area contributed by atoms with Crippen molar-refractivity contribution in [3.8, 4) is 0 Å². The Morgan fingerprint density at radius 1 is 0.812 bits per heavy atom. The molecule has 3 heteroatoms. The number of halogens is 2. The predicted octanol–water partition coefficient (Wildman–Crippen LogP) is 5.01. The molecule has 2 aromatic rings. The lowest BCUT2D eigenvalue weighted by Crippen LogP contribution is -1.92. The summed E-state index contributed by atoms with van der Waals surface area (Å²) in [4.78, 5) is 0. The molecular formula is C13H10Cl2S. The van der Waals surface area contributed by atoms with Gasteiger partial charge in [-0.3, -0.25) is 0 Å². The van der Waals surface area contributed by atoms with Crippen LogP contribution in [0.25, 0.3) is 0 Å². The normalized spacial score (nSPS) is 12.4. The minimum atomic E-state index is -0.00241. The summed E-state index contributed by atoms with van der Waals surface area (Å²) in [7, 11) is 0. The zero-order chi connectivity index (χ0) is 11.5. The summed E-state index contributed by atoms with van der Waals surface area (Å²) in [5, 5.41) is 1.27. The van der Waals surface area contributed by atoms with Gasteiger partial charge in [0.1, 0.15) is 0 Å². The monoisotopic (exact) mass is 268 g/mol. The van der Waals surface area contributed by atoms with Crippen molar-refractivity contribution in [1.29, 1.82) is 0 Å². The number of hydrogen-bond acceptors (Lipinski definition) is 1. The fourth-order valence-electron chi connectivity index (χ4n) is 1.56. The second kappa shape index (κ2) is 5.13. The molecule has 0 saturated carbocycles. The second-order valence-corrected chi connectivity index (χ2v) is 4.91. The first kappa shape index (κ1) is 11.8. The summed E-state index contributed by atoms with van der Waals surface area (Å²) < 4.78 is 0. The van der Waals surface area contributed by atoms with E-state index in [4.69, 9.17) is 23.2 Å². The van der Waals surface area contributed by atoms with Crippen molar-refractivity contribution in [1.82, 2.24) is 0 Å². The van der Waals surface area contributed by atoms with E-state index in [-0.39, 0.29) is 5.25 Å². The van der Waals surface area contributed by atoms with Crippen molar-refractivity contribution < 1.29 is 0 Å². The lowest BCUT2D eigenvalue weighted by Gasteiger charge is -2.12. The van der Waals surface area contributed by atoms with E-state index in [1.54, 1.807) is 6.07 Å². The lowest BCUT2D eigenvalue weighted by atomic mass is 10.0. The summed E-state index contributed by atoms with van der Waals surface area (Å²) in [5.74, 6) is 0. The molecule has 0 N–H and O–H groups in total. The Morgan fingerprint density at radius 2 is 1.38 bits per heavy atom. The standard InChI is InChI=1S/C13H10Cl2S/c14-11-6-10(7-12(15)8-11)13(16)9-4-2-1-3-5-9/h1-8,13,16H. The van der Waals surface area contributed by atoms with Crippen LogP contribution in [0.5, 0.6) is 0 Å². The topological polar surface area (TPSA) is 0 Å². The van der Waals surface area contributed by atoms with E-state index in [2.05, 4.69) is 12.6 Å². The third-order valence-corrected chi connectivity index (χ3v) is 3.35. The van der Waals surface area contributed by atoms with E-state index in [9.17, 15) is 0 Å². The van der Waals surface area contributed by atoms with Crippen molar-refractivity contribution in [2.75, 3.05) is 0 Å². The van der Waals surface area contributed by atoms with E-state index >= 15 is 0 Å². The Kier molecular flexibility index (Phi) is 3.80. The van der Waals surface area contributed by atoms with Crippen LogP contribution >= 0.6 is 35.8 Å². The Hall–Kier alpha value is -0.630. The van der Waals surface area contributed by atoms with Gasteiger partial charge in [-0.15, -0.1) is 0 Å². The van der Waals surface area contributed by atoms with Gasteiger partial charge in [0.15, 0.2) is 0 Å². The van der Waals surface area contributed by atoms with E-state index in [1.807, 2.05) is 42.5 Å². The SMILES string of the molecule is SC(c1ccccc1)c1cc(Cl)cc(Cl)c1. The first-order valence-electron chi connectivity index (χ1n) is 4.86. The predicted molar refractivity (Wildman–Crippen MR) is 73.7 cm³/mol. The van der Waals surface area contributed by atoms with Gasteiger partial charge < -0.3 is 0 Å². The van der Waals surface area contributed by atoms with E-state index in [0.717, 1.165) is 11.1 Å². The molecule has 0 heterocycles. The van der Waals surface area contributed by atoms with Crippen LogP contribution in [0.4, 0.5) is 0 Å². The van der Waals surface area contributed by atoms with Gasteiger partial charge in [0.2, 0.25) is 0 Å². The minimum Gasteiger partial charge on any atom is -0.166 e. The summed E-state index contributed by atoms with van der Waals surface area (Å²) in [6.07, 6.45) is 0. The molecule has 0 aromatic heterocycles. The molecule has 0 nitrogen and oxygen atoms in total. The van der Waals surface area contributed by atoms with Gasteiger partial charge in [0.25, 0.3) is 0 Å². The largest absolute Gasteiger partial charge is 0.166 e. The highest BCUT2D eigenvalue weighted by Gasteiger charge is 2.10. The Bertz CT molecular complexity index is 462. The quantitative estimate of drug-likeness (QED) is 0.728. The smallest absolute Gasteiger partial charge is 0.0517 e. The summed E-state index contributed by atoms with van der Waals surface area (Å²) in [6, 6.07) is 15.5. The van der Waals surface area contributed by atoms with E-state index in [0.29, 0.717) is 10.0 Å². The molecule has 2 aromatic carbocycles. The molecular weight excluding hydrogens is 259 g/mol. The maximum Gasteiger partial charge on any atom is 0.0517 e. The van der Waals surface area contributed by atoms with Gasteiger partial charge in [-0.1, -0.05) is 53.5 Å². The van der Waals surface area contributed by atoms with Crippen molar-refractivity contribution in [2.45, 2.75) is 5.25 Å². The second-order valence-electron chi connectivity index (χ2n) is 3.52. The molecule has 0 spiro atoms. The highest BCUT2D eigenvalue weighted by molar-refractivity contribution is 7.80. The van der Waals surface area contributed by atoms with Crippen LogP contribution in [0.3, 0.4) is 0 Å². The van der Waals surface area contributed by atoms with Gasteiger partial charge in [-0.25, -0.2) is 0 Å². The van der Waals surface area contributed by atoms with Crippen molar-refractivity contribution in [3.63, 3.8) is 0 Å². The molecule has 2 rings (SSSR count). The first-order chi connectivity index (χ1) is 7.66. The number of benzene rings is 2. The Morgan fingerprint density at radius 3 is 1.94 bits per heavy atom. The average molecular weight is 269 g/mol. The third-order valence-electron chi connectivity index (χ3n) is 2.32. The molecule has 0 amide bonds. The number of rotatable bonds is 2. The molecule has 0 fully saturated rings. The molecule has 0 aliphatic heterocycles. The fraction of sp³-hybridized carbons (Fsp3) is 0.0769. The van der Waals surface area contributed by atoms with Crippen LogP contribution in [0, 0.1) is 0 Å². The van der Waals surface area contributed by atoms with Crippen LogP contribution < -0.4 is 0 Å². The zero-order valence-corrected chi connectivity index (χ0v) is 10.8. The van der Waals surface area contributed by atoms with E-state index in [1.165, 1.54) is 0 Å². The number of hydrogen-bond donors (Lipinski definition) is 1. The van der Waals surface area contributed by atoms with Crippen LogP contribution in [0.15, 0.2) is 48.5 Å². The molecule has 82 valence electrons. The van der Waals surface area contributed by atoms with Crippen LogP contribution in [0.1, 0.15) is 16.4 Å². The van der Waals surface area contributed by atoms with Gasteiger partial charge >= 0.3 is 0 Å². The highest BCUT2D eigenvalue weighted by atomic mass is 35.5. The molecule has 0 saturated heterocycles. The van der Waals surface area contributed by atoms with Gasteiger partial charge in [-0.05, 0) is 29.3 Å².